The third-order valence-corrected chi connectivity index (χ3v) is 5.56. The highest BCUT2D eigenvalue weighted by Crippen LogP contribution is 2.70. The summed E-state index contributed by atoms with van der Waals surface area (Å²) in [5, 5.41) is 13.3. The van der Waals surface area contributed by atoms with Gasteiger partial charge in [0.05, 0.1) is 17.1 Å². The number of nitrogens with zero attached hydrogens (tertiary/aromatic N) is 1. The van der Waals surface area contributed by atoms with Gasteiger partial charge in [-0.2, -0.15) is 0 Å². The number of amides is 2. The lowest BCUT2D eigenvalue weighted by atomic mass is 9.41. The number of nitrogens with one attached hydrogen (secondary N) is 1. The van der Waals surface area contributed by atoms with Gasteiger partial charge >= 0.3 is 0 Å². The van der Waals surface area contributed by atoms with Crippen molar-refractivity contribution in [2.75, 3.05) is 7.05 Å². The van der Waals surface area contributed by atoms with Crippen molar-refractivity contribution in [1.29, 1.82) is 0 Å². The molecule has 0 aromatic rings. The number of carbonyl (C=O) groups is 2. The number of allylic oxidation sites excluding steroid dienone is 1. The maximum Gasteiger partial charge on any atom is 0.244 e. The Bertz CT molecular complexity index is 555. The van der Waals surface area contributed by atoms with E-state index < -0.39 is 17.1 Å². The van der Waals surface area contributed by atoms with Crippen molar-refractivity contribution in [1.82, 2.24) is 10.2 Å². The van der Waals surface area contributed by atoms with E-state index in [-0.39, 0.29) is 23.7 Å². The van der Waals surface area contributed by atoms with Crippen LogP contribution in [0.3, 0.4) is 0 Å². The third kappa shape index (κ3) is 0.929. The van der Waals surface area contributed by atoms with Crippen molar-refractivity contribution in [3.8, 4) is 0 Å². The van der Waals surface area contributed by atoms with Gasteiger partial charge in [-0.1, -0.05) is 12.2 Å². The molecule has 2 heterocycles. The predicted octanol–water partition coefficient (Wildman–Crippen LogP) is -0.216. The van der Waals surface area contributed by atoms with Crippen molar-refractivity contribution < 1.29 is 14.7 Å². The Hall–Kier alpha value is -1.62. The van der Waals surface area contributed by atoms with Gasteiger partial charge in [0.25, 0.3) is 0 Å². The van der Waals surface area contributed by atoms with Gasteiger partial charge in [0, 0.05) is 25.1 Å². The molecule has 5 nitrogen and oxygen atoms in total. The molecule has 0 bridgehead atoms. The fourth-order valence-electron chi connectivity index (χ4n) is 4.85. The van der Waals surface area contributed by atoms with Crippen molar-refractivity contribution in [3.05, 3.63) is 24.4 Å². The highest BCUT2D eigenvalue weighted by Gasteiger charge is 2.80. The lowest BCUT2D eigenvalue weighted by molar-refractivity contribution is -0.185. The molecule has 19 heavy (non-hydrogen) atoms. The van der Waals surface area contributed by atoms with Crippen LogP contribution in [0.5, 0.6) is 0 Å². The zero-order valence-electron chi connectivity index (χ0n) is 10.7. The van der Waals surface area contributed by atoms with Crippen molar-refractivity contribution in [2.45, 2.75) is 24.5 Å². The van der Waals surface area contributed by atoms with E-state index in [1.54, 1.807) is 18.1 Å². The molecule has 5 atom stereocenters. The zero-order chi connectivity index (χ0) is 13.4. The summed E-state index contributed by atoms with van der Waals surface area (Å²) in [5.74, 6) is -0.0785. The number of hydrogen-bond donors (Lipinski definition) is 2. The first-order valence-corrected chi connectivity index (χ1v) is 6.68. The highest BCUT2D eigenvalue weighted by atomic mass is 16.3. The van der Waals surface area contributed by atoms with Gasteiger partial charge in [0.1, 0.15) is 0 Å². The van der Waals surface area contributed by atoms with Gasteiger partial charge in [-0.05, 0) is 18.9 Å². The molecule has 100 valence electrons. The maximum atomic E-state index is 12.7. The van der Waals surface area contributed by atoms with E-state index in [0.717, 1.165) is 0 Å². The summed E-state index contributed by atoms with van der Waals surface area (Å²) in [6.45, 7) is 0. The first-order valence-electron chi connectivity index (χ1n) is 6.68. The van der Waals surface area contributed by atoms with Crippen LogP contribution in [0.25, 0.3) is 0 Å². The molecule has 0 aromatic carbocycles. The van der Waals surface area contributed by atoms with Gasteiger partial charge in [-0.25, -0.2) is 0 Å². The SMILES string of the molecule is CN1C=C[C@@H]2[C@@H]3C=CC(=O)N[C@@]34[C@H](O)CC[C@@]24C1=O. The van der Waals surface area contributed by atoms with Crippen LogP contribution in [0, 0.1) is 17.3 Å². The predicted molar refractivity (Wildman–Crippen MR) is 66.6 cm³/mol. The molecule has 4 rings (SSSR count). The number of aliphatic hydroxyl groups is 1. The van der Waals surface area contributed by atoms with E-state index >= 15 is 0 Å². The molecule has 0 radical (unpaired) electrons. The molecule has 2 spiro atoms. The molecule has 2 saturated carbocycles. The van der Waals surface area contributed by atoms with Crippen molar-refractivity contribution in [2.24, 2.45) is 17.3 Å². The van der Waals surface area contributed by atoms with Crippen LogP contribution in [-0.4, -0.2) is 40.5 Å². The lowest BCUT2D eigenvalue weighted by Crippen LogP contribution is -2.82. The molecule has 2 amide bonds. The van der Waals surface area contributed by atoms with E-state index in [2.05, 4.69) is 5.32 Å². The van der Waals surface area contributed by atoms with Crippen LogP contribution < -0.4 is 5.32 Å². The van der Waals surface area contributed by atoms with E-state index in [1.807, 2.05) is 12.2 Å². The van der Waals surface area contributed by atoms with Crippen LogP contribution in [0.15, 0.2) is 24.4 Å². The maximum absolute atomic E-state index is 12.7. The standard InChI is InChI=1S/C14H16N2O3/c1-16-7-5-8-9-2-3-11(18)15-14(9)10(17)4-6-13(8,14)12(16)19/h2-3,5,7-10,17H,4,6H2,1H3,(H,15,18)/t8-,9+,10-,13+,14-/m1/s1. The lowest BCUT2D eigenvalue weighted by Gasteiger charge is -2.67. The molecule has 2 aliphatic carbocycles. The summed E-state index contributed by atoms with van der Waals surface area (Å²) in [4.78, 5) is 26.0. The zero-order valence-corrected chi connectivity index (χ0v) is 10.7. The Labute approximate surface area is 111 Å². The average Bonchev–Trinajstić information content (AvgIpc) is 2.58. The second-order valence-electron chi connectivity index (χ2n) is 6.05. The Kier molecular flexibility index (Phi) is 1.83. The molecule has 5 heteroatoms. The van der Waals surface area contributed by atoms with Crippen molar-refractivity contribution in [3.63, 3.8) is 0 Å². The number of aliphatic hydroxyl groups excluding tert-OH is 1. The Morgan fingerprint density at radius 1 is 1.37 bits per heavy atom. The molecular weight excluding hydrogens is 244 g/mol. The first kappa shape index (κ1) is 11.2. The normalized spacial score (nSPS) is 50.2. The quantitative estimate of drug-likeness (QED) is 0.633. The van der Waals surface area contributed by atoms with E-state index in [4.69, 9.17) is 0 Å². The topological polar surface area (TPSA) is 69.6 Å². The van der Waals surface area contributed by atoms with Gasteiger partial charge in [-0.3, -0.25) is 9.59 Å². The van der Waals surface area contributed by atoms with Gasteiger partial charge in [0.2, 0.25) is 11.8 Å². The molecule has 2 N–H and O–H groups in total. The number of rotatable bonds is 0. The number of hydrogen-bond acceptors (Lipinski definition) is 3. The number of carbonyl (C=O) groups excluding carboxylic acids is 2. The largest absolute Gasteiger partial charge is 0.391 e. The fraction of sp³-hybridized carbons (Fsp3) is 0.571. The van der Waals surface area contributed by atoms with Crippen LogP contribution in [0.4, 0.5) is 0 Å². The minimum atomic E-state index is -0.792. The summed E-state index contributed by atoms with van der Waals surface area (Å²) in [6.07, 6.45) is 7.78. The van der Waals surface area contributed by atoms with Crippen LogP contribution in [0.1, 0.15) is 12.8 Å². The molecule has 4 aliphatic rings. The van der Waals surface area contributed by atoms with E-state index in [1.165, 1.54) is 6.08 Å². The minimum absolute atomic E-state index is 0.0170. The van der Waals surface area contributed by atoms with Gasteiger partial charge < -0.3 is 15.3 Å². The van der Waals surface area contributed by atoms with Gasteiger partial charge in [-0.15, -0.1) is 0 Å². The Morgan fingerprint density at radius 2 is 2.16 bits per heavy atom. The molecule has 0 saturated heterocycles. The minimum Gasteiger partial charge on any atom is -0.391 e. The van der Waals surface area contributed by atoms with E-state index in [0.29, 0.717) is 12.8 Å². The average molecular weight is 260 g/mol. The molecule has 0 unspecified atom stereocenters. The van der Waals surface area contributed by atoms with Crippen molar-refractivity contribution >= 4 is 11.8 Å². The second-order valence-corrected chi connectivity index (χ2v) is 6.05. The Morgan fingerprint density at radius 3 is 2.95 bits per heavy atom. The highest BCUT2D eigenvalue weighted by molar-refractivity contribution is 5.95. The van der Waals surface area contributed by atoms with Crippen LogP contribution in [-0.2, 0) is 9.59 Å². The molecule has 2 fully saturated rings. The fourth-order valence-corrected chi connectivity index (χ4v) is 4.85. The second kappa shape index (κ2) is 3.10. The summed E-state index contributed by atoms with van der Waals surface area (Å²) in [5.41, 5.74) is -1.44. The van der Waals surface area contributed by atoms with Gasteiger partial charge in [0.15, 0.2) is 0 Å². The summed E-state index contributed by atoms with van der Waals surface area (Å²) < 4.78 is 0. The van der Waals surface area contributed by atoms with Crippen LogP contribution in [0.2, 0.25) is 0 Å². The Balaban J connectivity index is 1.93. The monoisotopic (exact) mass is 260 g/mol. The number of fused-ring (bicyclic) bond motifs is 1. The summed E-state index contributed by atoms with van der Waals surface area (Å²) in [6, 6.07) is 0. The van der Waals surface area contributed by atoms with E-state index in [9.17, 15) is 14.7 Å². The first-order chi connectivity index (χ1) is 9.04. The smallest absolute Gasteiger partial charge is 0.244 e. The third-order valence-electron chi connectivity index (χ3n) is 5.56. The summed E-state index contributed by atoms with van der Waals surface area (Å²) in [7, 11) is 1.73. The molecular formula is C14H16N2O3. The summed E-state index contributed by atoms with van der Waals surface area (Å²) >= 11 is 0. The van der Waals surface area contributed by atoms with Crippen LogP contribution >= 0.6 is 0 Å². The molecule has 0 aromatic heterocycles. The molecule has 2 aliphatic heterocycles.